The van der Waals surface area contributed by atoms with Crippen molar-refractivity contribution < 1.29 is 9.90 Å². The van der Waals surface area contributed by atoms with E-state index in [0.29, 0.717) is 11.7 Å². The molecule has 0 bridgehead atoms. The lowest BCUT2D eigenvalue weighted by molar-refractivity contribution is -0.146. The molecule has 6 heteroatoms. The largest absolute Gasteiger partial charge is 0.479 e. The van der Waals surface area contributed by atoms with Crippen LogP contribution in [0.15, 0.2) is 0 Å². The van der Waals surface area contributed by atoms with E-state index in [1.165, 1.54) is 23.9 Å². The molecule has 2 rings (SSSR count). The molecule has 0 radical (unpaired) electrons. The van der Waals surface area contributed by atoms with Crippen LogP contribution in [0.25, 0.3) is 0 Å². The molecule has 0 aliphatic heterocycles. The first-order valence-electron chi connectivity index (χ1n) is 5.53. The fourth-order valence-corrected chi connectivity index (χ4v) is 1.81. The van der Waals surface area contributed by atoms with E-state index in [1.54, 1.807) is 13.8 Å². The Kier molecular flexibility index (Phi) is 2.65. The molecule has 1 saturated carbocycles. The van der Waals surface area contributed by atoms with Gasteiger partial charge in [0.1, 0.15) is 0 Å². The van der Waals surface area contributed by atoms with E-state index >= 15 is 0 Å². The van der Waals surface area contributed by atoms with Gasteiger partial charge in [0.25, 0.3) is 0 Å². The Bertz CT molecular complexity index is 395. The monoisotopic (exact) mass is 224 g/mol. The van der Waals surface area contributed by atoms with Crippen LogP contribution in [0.2, 0.25) is 0 Å². The summed E-state index contributed by atoms with van der Waals surface area (Å²) in [7, 11) is 0. The highest BCUT2D eigenvalue weighted by Gasteiger charge is 2.34. The van der Waals surface area contributed by atoms with Gasteiger partial charge in [0.2, 0.25) is 0 Å². The van der Waals surface area contributed by atoms with Gasteiger partial charge in [-0.1, -0.05) is 19.3 Å². The van der Waals surface area contributed by atoms with Crippen molar-refractivity contribution in [1.82, 2.24) is 20.2 Å². The molecule has 0 saturated heterocycles. The van der Waals surface area contributed by atoms with Crippen molar-refractivity contribution in [1.29, 1.82) is 0 Å². The zero-order valence-electron chi connectivity index (χ0n) is 9.55. The first-order valence-corrected chi connectivity index (χ1v) is 5.53. The number of aliphatic carboxylic acids is 1. The summed E-state index contributed by atoms with van der Waals surface area (Å²) >= 11 is 0. The van der Waals surface area contributed by atoms with Gasteiger partial charge < -0.3 is 5.11 Å². The number of carboxylic acid groups (broad SMARTS) is 1. The molecule has 0 unspecified atom stereocenters. The third-order valence-electron chi connectivity index (χ3n) is 3.28. The minimum absolute atomic E-state index is 0.620. The quantitative estimate of drug-likeness (QED) is 0.819. The summed E-state index contributed by atoms with van der Waals surface area (Å²) in [6.07, 6.45) is 4.43. The third-order valence-corrected chi connectivity index (χ3v) is 3.28. The predicted octanol–water partition coefficient (Wildman–Crippen LogP) is 0.835. The van der Waals surface area contributed by atoms with Crippen LogP contribution in [0.1, 0.15) is 38.9 Å². The average Bonchev–Trinajstić information content (AvgIpc) is 2.59. The Morgan fingerprint density at radius 3 is 2.75 bits per heavy atom. The minimum Gasteiger partial charge on any atom is -0.479 e. The minimum atomic E-state index is -1.08. The van der Waals surface area contributed by atoms with Crippen molar-refractivity contribution in [3.05, 3.63) is 5.82 Å². The second-order valence-electron chi connectivity index (χ2n) is 4.87. The van der Waals surface area contributed by atoms with Gasteiger partial charge in [-0.15, -0.1) is 5.10 Å². The van der Waals surface area contributed by atoms with Gasteiger partial charge >= 0.3 is 5.97 Å². The van der Waals surface area contributed by atoms with Crippen LogP contribution >= 0.6 is 0 Å². The Labute approximate surface area is 93.6 Å². The van der Waals surface area contributed by atoms with Crippen molar-refractivity contribution >= 4 is 5.97 Å². The number of tetrazole rings is 1. The summed E-state index contributed by atoms with van der Waals surface area (Å²) < 4.78 is 1.42. The first-order chi connectivity index (χ1) is 7.51. The average molecular weight is 224 g/mol. The van der Waals surface area contributed by atoms with Crippen molar-refractivity contribution in [3.8, 4) is 0 Å². The maximum absolute atomic E-state index is 11.1. The number of carbonyl (C=O) groups is 1. The number of nitrogens with zero attached hydrogens (tertiary/aromatic N) is 4. The molecule has 6 nitrogen and oxygen atoms in total. The second kappa shape index (κ2) is 3.84. The Morgan fingerprint density at radius 2 is 2.25 bits per heavy atom. The lowest BCUT2D eigenvalue weighted by atomic mass is 9.83. The van der Waals surface area contributed by atoms with E-state index in [1.807, 2.05) is 0 Å². The van der Waals surface area contributed by atoms with Crippen LogP contribution in [-0.4, -0.2) is 31.3 Å². The molecule has 0 atom stereocenters. The van der Waals surface area contributed by atoms with Crippen LogP contribution < -0.4 is 0 Å². The van der Waals surface area contributed by atoms with Crippen LogP contribution in [0, 0.1) is 5.92 Å². The molecule has 88 valence electrons. The maximum Gasteiger partial charge on any atom is 0.331 e. The van der Waals surface area contributed by atoms with Crippen LogP contribution in [0.4, 0.5) is 0 Å². The smallest absolute Gasteiger partial charge is 0.331 e. The van der Waals surface area contributed by atoms with Crippen molar-refractivity contribution in [2.24, 2.45) is 5.92 Å². The highest BCUT2D eigenvalue weighted by Crippen LogP contribution is 2.29. The molecule has 1 N–H and O–H groups in total. The van der Waals surface area contributed by atoms with E-state index in [4.69, 9.17) is 5.11 Å². The zero-order valence-corrected chi connectivity index (χ0v) is 9.55. The number of aromatic nitrogens is 4. The van der Waals surface area contributed by atoms with E-state index in [9.17, 15) is 4.79 Å². The summed E-state index contributed by atoms with van der Waals surface area (Å²) in [5.74, 6) is 0.376. The molecule has 1 aliphatic carbocycles. The van der Waals surface area contributed by atoms with E-state index in [0.717, 1.165) is 6.42 Å². The lowest BCUT2D eigenvalue weighted by Crippen LogP contribution is -2.38. The molecule has 0 aromatic carbocycles. The standard InChI is InChI=1S/C10H16N4O2/c1-10(2,9(15)16)14-8(11-12-13-14)6-7-4-3-5-7/h7H,3-6H2,1-2H3,(H,15,16). The Morgan fingerprint density at radius 1 is 1.56 bits per heavy atom. The summed E-state index contributed by atoms with van der Waals surface area (Å²) in [5, 5.41) is 20.4. The van der Waals surface area contributed by atoms with Gasteiger partial charge in [-0.25, -0.2) is 9.48 Å². The van der Waals surface area contributed by atoms with Crippen molar-refractivity contribution in [2.45, 2.75) is 45.1 Å². The molecule has 0 spiro atoms. The van der Waals surface area contributed by atoms with Crippen molar-refractivity contribution in [2.75, 3.05) is 0 Å². The Hall–Kier alpha value is -1.46. The molecule has 1 aliphatic rings. The predicted molar refractivity (Wildman–Crippen MR) is 55.8 cm³/mol. The van der Waals surface area contributed by atoms with Crippen molar-refractivity contribution in [3.63, 3.8) is 0 Å². The zero-order chi connectivity index (χ0) is 11.8. The molecule has 1 aromatic rings. The van der Waals surface area contributed by atoms with E-state index in [-0.39, 0.29) is 0 Å². The van der Waals surface area contributed by atoms with E-state index in [2.05, 4.69) is 15.5 Å². The van der Waals surface area contributed by atoms with Gasteiger partial charge in [0.15, 0.2) is 11.4 Å². The van der Waals surface area contributed by atoms with Crippen LogP contribution in [0.5, 0.6) is 0 Å². The molecule has 1 aromatic heterocycles. The normalized spacial score (nSPS) is 17.1. The molecule has 16 heavy (non-hydrogen) atoms. The fourth-order valence-electron chi connectivity index (χ4n) is 1.81. The fraction of sp³-hybridized carbons (Fsp3) is 0.800. The number of rotatable bonds is 4. The molecule has 1 fully saturated rings. The first kappa shape index (κ1) is 11.0. The third kappa shape index (κ3) is 1.79. The summed E-state index contributed by atoms with van der Waals surface area (Å²) in [4.78, 5) is 11.1. The molecular formula is C10H16N4O2. The second-order valence-corrected chi connectivity index (χ2v) is 4.87. The number of carboxylic acids is 1. The maximum atomic E-state index is 11.1. The van der Waals surface area contributed by atoms with Gasteiger partial charge in [0, 0.05) is 6.42 Å². The highest BCUT2D eigenvalue weighted by molar-refractivity contribution is 5.75. The number of hydrogen-bond donors (Lipinski definition) is 1. The molecule has 1 heterocycles. The topological polar surface area (TPSA) is 80.9 Å². The SMILES string of the molecule is CC(C)(C(=O)O)n1nnnc1CC1CCC1. The Balaban J connectivity index is 2.20. The molecular weight excluding hydrogens is 208 g/mol. The summed E-state index contributed by atoms with van der Waals surface area (Å²) in [5.41, 5.74) is -1.08. The van der Waals surface area contributed by atoms with E-state index < -0.39 is 11.5 Å². The molecule has 0 amide bonds. The van der Waals surface area contributed by atoms with Gasteiger partial charge in [-0.3, -0.25) is 0 Å². The lowest BCUT2D eigenvalue weighted by Gasteiger charge is -2.26. The van der Waals surface area contributed by atoms with Gasteiger partial charge in [0.05, 0.1) is 0 Å². The van der Waals surface area contributed by atoms with Crippen LogP contribution in [-0.2, 0) is 16.8 Å². The highest BCUT2D eigenvalue weighted by atomic mass is 16.4. The van der Waals surface area contributed by atoms with Gasteiger partial charge in [-0.05, 0) is 30.2 Å². The number of hydrogen-bond acceptors (Lipinski definition) is 4. The van der Waals surface area contributed by atoms with Crippen LogP contribution in [0.3, 0.4) is 0 Å². The summed E-state index contributed by atoms with van der Waals surface area (Å²) in [6.45, 7) is 3.21. The summed E-state index contributed by atoms with van der Waals surface area (Å²) in [6, 6.07) is 0. The van der Waals surface area contributed by atoms with Gasteiger partial charge in [-0.2, -0.15) is 0 Å².